The van der Waals surface area contributed by atoms with E-state index in [4.69, 9.17) is 5.11 Å². The molecule has 1 aromatic heterocycles. The molecule has 16 heavy (non-hydrogen) atoms. The molecule has 0 aliphatic heterocycles. The van der Waals surface area contributed by atoms with Gasteiger partial charge in [0, 0.05) is 18.0 Å². The van der Waals surface area contributed by atoms with Crippen LogP contribution in [0.15, 0.2) is 30.6 Å². The highest BCUT2D eigenvalue weighted by Crippen LogP contribution is 2.27. The van der Waals surface area contributed by atoms with Crippen molar-refractivity contribution in [2.24, 2.45) is 0 Å². The maximum atomic E-state index is 13.1. The number of hydrogen-bond donors (Lipinski definition) is 2. The van der Waals surface area contributed by atoms with E-state index in [9.17, 15) is 9.18 Å². The Morgan fingerprint density at radius 3 is 2.75 bits per heavy atom. The Morgan fingerprint density at radius 1 is 1.31 bits per heavy atom. The van der Waals surface area contributed by atoms with Crippen molar-refractivity contribution in [2.45, 2.75) is 6.92 Å². The number of benzene rings is 1. The van der Waals surface area contributed by atoms with Gasteiger partial charge in [-0.05, 0) is 30.2 Å². The molecule has 1 aromatic carbocycles. The normalized spacial score (nSPS) is 10.4. The smallest absolute Gasteiger partial charge is 0.337 e. The number of carboxylic acid groups (broad SMARTS) is 1. The second-order valence-electron chi connectivity index (χ2n) is 3.55. The van der Waals surface area contributed by atoms with Crippen LogP contribution in [0, 0.1) is 12.7 Å². The van der Waals surface area contributed by atoms with Crippen molar-refractivity contribution in [3.05, 3.63) is 47.5 Å². The summed E-state index contributed by atoms with van der Waals surface area (Å²) in [5, 5.41) is 8.96. The number of aryl methyl sites for hydroxylation is 1. The molecule has 1 heterocycles. The number of rotatable bonds is 2. The number of hydrogen-bond acceptors (Lipinski definition) is 1. The third-order valence-corrected chi connectivity index (χ3v) is 2.47. The Morgan fingerprint density at radius 2 is 2.06 bits per heavy atom. The van der Waals surface area contributed by atoms with Gasteiger partial charge in [-0.1, -0.05) is 6.07 Å². The molecule has 0 radical (unpaired) electrons. The summed E-state index contributed by atoms with van der Waals surface area (Å²) in [5.74, 6) is -1.40. The predicted molar refractivity (Wildman–Crippen MR) is 57.9 cm³/mol. The summed E-state index contributed by atoms with van der Waals surface area (Å²) in [6.07, 6.45) is 2.95. The van der Waals surface area contributed by atoms with Crippen LogP contribution in [-0.4, -0.2) is 16.1 Å². The topological polar surface area (TPSA) is 53.1 Å². The fourth-order valence-corrected chi connectivity index (χ4v) is 1.65. The van der Waals surface area contributed by atoms with Gasteiger partial charge in [0.05, 0.1) is 5.56 Å². The molecular weight excluding hydrogens is 209 g/mol. The average molecular weight is 219 g/mol. The van der Waals surface area contributed by atoms with E-state index in [-0.39, 0.29) is 11.4 Å². The summed E-state index contributed by atoms with van der Waals surface area (Å²) in [5.41, 5.74) is 2.08. The summed E-state index contributed by atoms with van der Waals surface area (Å²) in [7, 11) is 0. The summed E-state index contributed by atoms with van der Waals surface area (Å²) in [6, 6.07) is 4.32. The van der Waals surface area contributed by atoms with E-state index in [2.05, 4.69) is 4.98 Å². The predicted octanol–water partition coefficient (Wildman–Crippen LogP) is 2.83. The van der Waals surface area contributed by atoms with Crippen LogP contribution >= 0.6 is 0 Å². The lowest BCUT2D eigenvalue weighted by Crippen LogP contribution is -1.97. The van der Waals surface area contributed by atoms with Crippen molar-refractivity contribution in [1.29, 1.82) is 0 Å². The van der Waals surface area contributed by atoms with Crippen molar-refractivity contribution in [1.82, 2.24) is 4.98 Å². The largest absolute Gasteiger partial charge is 0.478 e. The number of aromatic carboxylic acids is 1. The fourth-order valence-electron chi connectivity index (χ4n) is 1.65. The van der Waals surface area contributed by atoms with E-state index in [0.717, 1.165) is 5.56 Å². The maximum Gasteiger partial charge on any atom is 0.337 e. The number of aromatic nitrogens is 1. The summed E-state index contributed by atoms with van der Waals surface area (Å²) >= 11 is 0. The highest BCUT2D eigenvalue weighted by atomic mass is 19.1. The van der Waals surface area contributed by atoms with Gasteiger partial charge in [0.25, 0.3) is 0 Å². The molecule has 0 bridgehead atoms. The van der Waals surface area contributed by atoms with Crippen LogP contribution < -0.4 is 0 Å². The van der Waals surface area contributed by atoms with E-state index < -0.39 is 5.97 Å². The Labute approximate surface area is 91.5 Å². The van der Waals surface area contributed by atoms with E-state index in [1.54, 1.807) is 12.3 Å². The molecule has 0 aliphatic rings. The molecule has 0 spiro atoms. The molecule has 0 unspecified atom stereocenters. The van der Waals surface area contributed by atoms with Crippen molar-refractivity contribution < 1.29 is 14.3 Å². The molecule has 0 amide bonds. The average Bonchev–Trinajstić information content (AvgIpc) is 2.70. The van der Waals surface area contributed by atoms with Gasteiger partial charge in [0.2, 0.25) is 0 Å². The Hall–Kier alpha value is -2.10. The SMILES string of the molecule is Cc1ccc(F)cc1-c1c[nH]cc1C(=O)O. The van der Waals surface area contributed by atoms with E-state index >= 15 is 0 Å². The number of H-pyrrole nitrogens is 1. The number of halogens is 1. The zero-order valence-electron chi connectivity index (χ0n) is 8.62. The maximum absolute atomic E-state index is 13.1. The van der Waals surface area contributed by atoms with Crippen molar-refractivity contribution in [3.63, 3.8) is 0 Å². The molecule has 0 fully saturated rings. The first kappa shape index (κ1) is 10.4. The molecule has 2 N–H and O–H groups in total. The number of aromatic amines is 1. The zero-order valence-corrected chi connectivity index (χ0v) is 8.62. The van der Waals surface area contributed by atoms with Gasteiger partial charge in [-0.2, -0.15) is 0 Å². The third kappa shape index (κ3) is 1.69. The second kappa shape index (κ2) is 3.81. The van der Waals surface area contributed by atoms with E-state index in [1.807, 2.05) is 6.92 Å². The Bertz CT molecular complexity index is 546. The third-order valence-electron chi connectivity index (χ3n) is 2.47. The molecule has 0 saturated carbocycles. The molecule has 2 aromatic rings. The van der Waals surface area contributed by atoms with Crippen LogP contribution in [-0.2, 0) is 0 Å². The summed E-state index contributed by atoms with van der Waals surface area (Å²) < 4.78 is 13.1. The van der Waals surface area contributed by atoms with Crippen molar-refractivity contribution >= 4 is 5.97 Å². The van der Waals surface area contributed by atoms with Gasteiger partial charge in [-0.3, -0.25) is 0 Å². The summed E-state index contributed by atoms with van der Waals surface area (Å²) in [6.45, 7) is 1.81. The lowest BCUT2D eigenvalue weighted by Gasteiger charge is -2.05. The van der Waals surface area contributed by atoms with Crippen LogP contribution in [0.5, 0.6) is 0 Å². The van der Waals surface area contributed by atoms with E-state index in [1.165, 1.54) is 18.3 Å². The number of carboxylic acids is 1. The fraction of sp³-hybridized carbons (Fsp3) is 0.0833. The quantitative estimate of drug-likeness (QED) is 0.815. The van der Waals surface area contributed by atoms with E-state index in [0.29, 0.717) is 11.1 Å². The highest BCUT2D eigenvalue weighted by Gasteiger charge is 2.14. The monoisotopic (exact) mass is 219 g/mol. The van der Waals surface area contributed by atoms with Crippen molar-refractivity contribution in [2.75, 3.05) is 0 Å². The summed E-state index contributed by atoms with van der Waals surface area (Å²) in [4.78, 5) is 13.7. The van der Waals surface area contributed by atoms with Gasteiger partial charge in [-0.15, -0.1) is 0 Å². The second-order valence-corrected chi connectivity index (χ2v) is 3.55. The van der Waals surface area contributed by atoms with Crippen LogP contribution in [0.4, 0.5) is 4.39 Å². The number of nitrogens with one attached hydrogen (secondary N) is 1. The van der Waals surface area contributed by atoms with Crippen LogP contribution in [0.3, 0.4) is 0 Å². The van der Waals surface area contributed by atoms with Gasteiger partial charge >= 0.3 is 5.97 Å². The Balaban J connectivity index is 2.62. The molecular formula is C12H10FNO2. The molecule has 0 atom stereocenters. The molecule has 82 valence electrons. The van der Waals surface area contributed by atoms with Gasteiger partial charge in [0.1, 0.15) is 5.82 Å². The lowest BCUT2D eigenvalue weighted by molar-refractivity contribution is 0.0698. The van der Waals surface area contributed by atoms with Gasteiger partial charge in [0.15, 0.2) is 0 Å². The van der Waals surface area contributed by atoms with Crippen molar-refractivity contribution in [3.8, 4) is 11.1 Å². The van der Waals surface area contributed by atoms with Crippen LogP contribution in [0.2, 0.25) is 0 Å². The minimum absolute atomic E-state index is 0.147. The first-order valence-corrected chi connectivity index (χ1v) is 4.76. The molecule has 0 aliphatic carbocycles. The molecule has 2 rings (SSSR count). The number of carbonyl (C=O) groups is 1. The molecule has 3 nitrogen and oxygen atoms in total. The highest BCUT2D eigenvalue weighted by molar-refractivity contribution is 5.96. The minimum Gasteiger partial charge on any atom is -0.478 e. The minimum atomic E-state index is -1.03. The van der Waals surface area contributed by atoms with Crippen LogP contribution in [0.25, 0.3) is 11.1 Å². The van der Waals surface area contributed by atoms with Gasteiger partial charge in [-0.25, -0.2) is 9.18 Å². The Kier molecular flexibility index (Phi) is 2.48. The van der Waals surface area contributed by atoms with Crippen LogP contribution in [0.1, 0.15) is 15.9 Å². The molecule has 0 saturated heterocycles. The lowest BCUT2D eigenvalue weighted by atomic mass is 10.00. The first-order chi connectivity index (χ1) is 7.59. The molecule has 4 heteroatoms. The van der Waals surface area contributed by atoms with Gasteiger partial charge < -0.3 is 10.1 Å². The first-order valence-electron chi connectivity index (χ1n) is 4.76. The zero-order chi connectivity index (χ0) is 11.7. The standard InChI is InChI=1S/C12H10FNO2/c1-7-2-3-8(13)4-9(7)10-5-14-6-11(10)12(15)16/h2-6,14H,1H3,(H,15,16).